The van der Waals surface area contributed by atoms with E-state index in [2.05, 4.69) is 12.2 Å². The van der Waals surface area contributed by atoms with E-state index in [1.54, 1.807) is 0 Å². The van der Waals surface area contributed by atoms with Crippen molar-refractivity contribution in [1.82, 2.24) is 9.62 Å². The van der Waals surface area contributed by atoms with Gasteiger partial charge in [-0.15, -0.1) is 0 Å². The van der Waals surface area contributed by atoms with Crippen LogP contribution >= 0.6 is 0 Å². The third kappa shape index (κ3) is 5.02. The predicted molar refractivity (Wildman–Crippen MR) is 89.6 cm³/mol. The van der Waals surface area contributed by atoms with Crippen LogP contribution in [0.1, 0.15) is 44.2 Å². The molecule has 6 nitrogen and oxygen atoms in total. The van der Waals surface area contributed by atoms with Gasteiger partial charge in [0.05, 0.1) is 6.04 Å². The van der Waals surface area contributed by atoms with E-state index >= 15 is 0 Å². The zero-order valence-electron chi connectivity index (χ0n) is 13.4. The van der Waals surface area contributed by atoms with Gasteiger partial charge < -0.3 is 5.32 Å². The Morgan fingerprint density at radius 3 is 2.43 bits per heavy atom. The van der Waals surface area contributed by atoms with Crippen LogP contribution in [-0.2, 0) is 15.0 Å². The molecule has 7 heteroatoms. The summed E-state index contributed by atoms with van der Waals surface area (Å²) in [6.45, 7) is 2.70. The summed E-state index contributed by atoms with van der Waals surface area (Å²) >= 11 is 0. The first-order chi connectivity index (χ1) is 10.9. The summed E-state index contributed by atoms with van der Waals surface area (Å²) in [5.74, 6) is -0.155. The first kappa shape index (κ1) is 17.9. The number of carbonyl (C=O) groups is 1. The Hall–Kier alpha value is -1.44. The number of piperidine rings is 1. The van der Waals surface area contributed by atoms with Crippen molar-refractivity contribution in [3.05, 3.63) is 35.9 Å². The maximum atomic E-state index is 12.5. The Labute approximate surface area is 138 Å². The number of hydrogen-bond acceptors (Lipinski definition) is 3. The second kappa shape index (κ2) is 7.90. The second-order valence-electron chi connectivity index (χ2n) is 5.98. The fourth-order valence-electron chi connectivity index (χ4n) is 2.96. The van der Waals surface area contributed by atoms with Crippen molar-refractivity contribution in [1.29, 1.82) is 0 Å². The summed E-state index contributed by atoms with van der Waals surface area (Å²) in [5, 5.41) is 8.24. The van der Waals surface area contributed by atoms with Crippen LogP contribution < -0.4 is 10.5 Å². The van der Waals surface area contributed by atoms with E-state index in [1.165, 1.54) is 4.31 Å². The van der Waals surface area contributed by atoms with Gasteiger partial charge in [-0.1, -0.05) is 43.7 Å². The molecule has 1 aliphatic heterocycles. The van der Waals surface area contributed by atoms with Crippen molar-refractivity contribution >= 4 is 16.1 Å². The van der Waals surface area contributed by atoms with Crippen molar-refractivity contribution in [2.75, 3.05) is 13.1 Å². The summed E-state index contributed by atoms with van der Waals surface area (Å²) in [6, 6.07) is 9.93. The van der Waals surface area contributed by atoms with E-state index in [-0.39, 0.29) is 17.9 Å². The average molecular weight is 339 g/mol. The number of nitrogens with zero attached hydrogens (tertiary/aromatic N) is 1. The highest BCUT2D eigenvalue weighted by Crippen LogP contribution is 2.22. The van der Waals surface area contributed by atoms with Crippen LogP contribution in [0.4, 0.5) is 0 Å². The van der Waals surface area contributed by atoms with E-state index in [0.29, 0.717) is 25.9 Å². The first-order valence-corrected chi connectivity index (χ1v) is 9.55. The minimum Gasteiger partial charge on any atom is -0.349 e. The van der Waals surface area contributed by atoms with E-state index in [9.17, 15) is 13.2 Å². The Morgan fingerprint density at radius 1 is 1.30 bits per heavy atom. The lowest BCUT2D eigenvalue weighted by Gasteiger charge is -2.30. The molecular formula is C16H25N3O3S. The molecule has 1 atom stereocenters. The molecule has 0 radical (unpaired) electrons. The van der Waals surface area contributed by atoms with Crippen molar-refractivity contribution < 1.29 is 13.2 Å². The molecule has 0 aromatic heterocycles. The molecule has 1 amide bonds. The molecule has 1 aromatic rings. The summed E-state index contributed by atoms with van der Waals surface area (Å²) < 4.78 is 23.9. The van der Waals surface area contributed by atoms with Gasteiger partial charge in [-0.3, -0.25) is 4.79 Å². The van der Waals surface area contributed by atoms with Gasteiger partial charge >= 0.3 is 0 Å². The van der Waals surface area contributed by atoms with E-state index < -0.39 is 10.2 Å². The van der Waals surface area contributed by atoms with E-state index in [0.717, 1.165) is 18.4 Å². The Kier molecular flexibility index (Phi) is 6.15. The quantitative estimate of drug-likeness (QED) is 0.824. The normalized spacial score (nSPS) is 18.5. The number of rotatable bonds is 6. The predicted octanol–water partition coefficient (Wildman–Crippen LogP) is 1.56. The molecule has 23 heavy (non-hydrogen) atoms. The minimum absolute atomic E-state index is 0.00127. The zero-order valence-corrected chi connectivity index (χ0v) is 14.3. The van der Waals surface area contributed by atoms with E-state index in [1.807, 2.05) is 30.3 Å². The highest BCUT2D eigenvalue weighted by molar-refractivity contribution is 7.86. The summed E-state index contributed by atoms with van der Waals surface area (Å²) in [5.41, 5.74) is 1.10. The fraction of sp³-hybridized carbons (Fsp3) is 0.562. The standard InChI is InChI=1S/C16H25N3O3S/c1-2-6-15(13-7-4-3-5-8-13)18-16(20)14-9-11-19(12-10-14)23(17,21)22/h3-5,7-8,14-15H,2,6,9-12H2,1H3,(H,18,20)(H2,17,21,22)/t15-/m1/s1. The van der Waals surface area contributed by atoms with Crippen LogP contribution in [0, 0.1) is 5.92 Å². The van der Waals surface area contributed by atoms with Crippen LogP contribution in [0.25, 0.3) is 0 Å². The lowest BCUT2D eigenvalue weighted by Crippen LogP contribution is -2.45. The zero-order chi connectivity index (χ0) is 16.9. The Bertz CT molecular complexity index is 611. The van der Waals surface area contributed by atoms with Gasteiger partial charge in [0.2, 0.25) is 5.91 Å². The van der Waals surface area contributed by atoms with Crippen molar-refractivity contribution in [3.8, 4) is 0 Å². The van der Waals surface area contributed by atoms with Crippen LogP contribution in [0.15, 0.2) is 30.3 Å². The lowest BCUT2D eigenvalue weighted by molar-refractivity contribution is -0.127. The maximum Gasteiger partial charge on any atom is 0.276 e. The molecule has 0 unspecified atom stereocenters. The van der Waals surface area contributed by atoms with Crippen molar-refractivity contribution in [2.45, 2.75) is 38.6 Å². The van der Waals surface area contributed by atoms with Gasteiger partial charge in [-0.2, -0.15) is 12.7 Å². The number of amides is 1. The molecule has 3 N–H and O–H groups in total. The van der Waals surface area contributed by atoms with Gasteiger partial charge in [-0.25, -0.2) is 5.14 Å². The molecule has 1 aromatic carbocycles. The third-order valence-electron chi connectivity index (χ3n) is 4.28. The largest absolute Gasteiger partial charge is 0.349 e. The molecule has 1 fully saturated rings. The molecule has 0 spiro atoms. The van der Waals surface area contributed by atoms with Gasteiger partial charge in [0.1, 0.15) is 0 Å². The second-order valence-corrected chi connectivity index (χ2v) is 7.53. The molecule has 1 aliphatic rings. The molecule has 1 saturated heterocycles. The number of nitrogens with two attached hydrogens (primary N) is 1. The first-order valence-electron chi connectivity index (χ1n) is 8.05. The highest BCUT2D eigenvalue weighted by atomic mass is 32.2. The Balaban J connectivity index is 1.95. The smallest absolute Gasteiger partial charge is 0.276 e. The highest BCUT2D eigenvalue weighted by Gasteiger charge is 2.30. The van der Waals surface area contributed by atoms with Gasteiger partial charge in [0, 0.05) is 19.0 Å². The van der Waals surface area contributed by atoms with Crippen LogP contribution in [0.5, 0.6) is 0 Å². The fourth-order valence-corrected chi connectivity index (χ4v) is 3.68. The van der Waals surface area contributed by atoms with E-state index in [4.69, 9.17) is 5.14 Å². The van der Waals surface area contributed by atoms with Crippen molar-refractivity contribution in [3.63, 3.8) is 0 Å². The summed E-state index contributed by atoms with van der Waals surface area (Å²) in [7, 11) is -3.65. The van der Waals surface area contributed by atoms with Gasteiger partial charge in [-0.05, 0) is 24.8 Å². The molecule has 128 valence electrons. The summed E-state index contributed by atoms with van der Waals surface area (Å²) in [6.07, 6.45) is 2.88. The SMILES string of the molecule is CCC[C@@H](NC(=O)C1CCN(S(N)(=O)=O)CC1)c1ccccc1. The van der Waals surface area contributed by atoms with Crippen LogP contribution in [0.2, 0.25) is 0 Å². The number of nitrogens with one attached hydrogen (secondary N) is 1. The maximum absolute atomic E-state index is 12.5. The lowest BCUT2D eigenvalue weighted by atomic mass is 9.95. The molecule has 1 heterocycles. The minimum atomic E-state index is -3.65. The average Bonchev–Trinajstić information content (AvgIpc) is 2.54. The molecule has 0 bridgehead atoms. The summed E-state index contributed by atoms with van der Waals surface area (Å²) in [4.78, 5) is 12.5. The van der Waals surface area contributed by atoms with Gasteiger partial charge in [0.15, 0.2) is 0 Å². The molecule has 0 saturated carbocycles. The van der Waals surface area contributed by atoms with Crippen LogP contribution in [-0.4, -0.2) is 31.7 Å². The third-order valence-corrected chi connectivity index (χ3v) is 5.37. The number of carbonyl (C=O) groups excluding carboxylic acids is 1. The number of benzene rings is 1. The molecule has 2 rings (SSSR count). The van der Waals surface area contributed by atoms with Gasteiger partial charge in [0.25, 0.3) is 10.2 Å². The topological polar surface area (TPSA) is 92.5 Å². The molecular weight excluding hydrogens is 314 g/mol. The molecule has 0 aliphatic carbocycles. The number of hydrogen-bond donors (Lipinski definition) is 2. The van der Waals surface area contributed by atoms with Crippen LogP contribution in [0.3, 0.4) is 0 Å². The Morgan fingerprint density at radius 2 is 1.91 bits per heavy atom. The monoisotopic (exact) mass is 339 g/mol. The van der Waals surface area contributed by atoms with Crippen molar-refractivity contribution in [2.24, 2.45) is 11.1 Å².